The molecule has 0 fully saturated rings. The molecular weight excluding hydrogens is 346 g/mol. The number of hydrogen-bond acceptors (Lipinski definition) is 4. The van der Waals surface area contributed by atoms with Gasteiger partial charge in [0.1, 0.15) is 12.6 Å². The maximum Gasteiger partial charge on any atom is 0.407 e. The molecule has 0 saturated carbocycles. The van der Waals surface area contributed by atoms with E-state index in [1.807, 2.05) is 48.5 Å². The topological polar surface area (TPSA) is 95.9 Å². The summed E-state index contributed by atoms with van der Waals surface area (Å²) in [4.78, 5) is 23.5. The number of carbonyl (C=O) groups is 2. The standard InChI is InChI=1S/C21H23NO5/c1-21(2,26)11-18(19(23)24)22-20(25)27-12-17-15-9-5-3-7-13(15)14-8-4-6-10-16(14)17/h3-10,17-18,26H,11-12H2,1-2H3,(H,22,25)(H,23,24)/t18-/m1/s1. The molecule has 0 unspecified atom stereocenters. The van der Waals surface area contributed by atoms with Gasteiger partial charge in [0, 0.05) is 12.3 Å². The second-order valence-corrected chi connectivity index (χ2v) is 7.38. The Kier molecular flexibility index (Phi) is 5.19. The number of amides is 1. The predicted molar refractivity (Wildman–Crippen MR) is 101 cm³/mol. The molecule has 6 nitrogen and oxygen atoms in total. The number of rotatable bonds is 6. The molecule has 0 radical (unpaired) electrons. The summed E-state index contributed by atoms with van der Waals surface area (Å²) in [6.07, 6.45) is -0.930. The Morgan fingerprint density at radius 2 is 1.59 bits per heavy atom. The van der Waals surface area contributed by atoms with Crippen LogP contribution in [-0.4, -0.2) is 40.5 Å². The van der Waals surface area contributed by atoms with E-state index in [-0.39, 0.29) is 18.9 Å². The molecule has 1 aliphatic rings. The van der Waals surface area contributed by atoms with Gasteiger partial charge in [-0.15, -0.1) is 0 Å². The van der Waals surface area contributed by atoms with Crippen molar-refractivity contribution in [2.75, 3.05) is 6.61 Å². The van der Waals surface area contributed by atoms with Gasteiger partial charge in [-0.05, 0) is 36.1 Å². The van der Waals surface area contributed by atoms with Gasteiger partial charge in [-0.3, -0.25) is 0 Å². The highest BCUT2D eigenvalue weighted by molar-refractivity contribution is 5.81. The molecule has 3 N–H and O–H groups in total. The van der Waals surface area contributed by atoms with Gasteiger partial charge in [0.05, 0.1) is 5.60 Å². The van der Waals surface area contributed by atoms with Crippen molar-refractivity contribution >= 4 is 12.1 Å². The summed E-state index contributed by atoms with van der Waals surface area (Å²) < 4.78 is 5.34. The van der Waals surface area contributed by atoms with Crippen LogP contribution in [0.2, 0.25) is 0 Å². The minimum absolute atomic E-state index is 0.0966. The summed E-state index contributed by atoms with van der Waals surface area (Å²) in [6, 6.07) is 14.7. The fourth-order valence-corrected chi connectivity index (χ4v) is 3.48. The lowest BCUT2D eigenvalue weighted by Gasteiger charge is -2.23. The maximum absolute atomic E-state index is 12.1. The predicted octanol–water partition coefficient (Wildman–Crippen LogP) is 3.14. The van der Waals surface area contributed by atoms with Crippen molar-refractivity contribution in [3.05, 3.63) is 59.7 Å². The van der Waals surface area contributed by atoms with Crippen molar-refractivity contribution in [2.24, 2.45) is 0 Å². The highest BCUT2D eigenvalue weighted by Gasteiger charge is 2.31. The van der Waals surface area contributed by atoms with Crippen LogP contribution in [0, 0.1) is 0 Å². The van der Waals surface area contributed by atoms with E-state index in [1.165, 1.54) is 13.8 Å². The molecule has 2 aromatic rings. The van der Waals surface area contributed by atoms with Crippen molar-refractivity contribution in [1.29, 1.82) is 0 Å². The molecule has 0 heterocycles. The number of carboxylic acid groups (broad SMARTS) is 1. The quantitative estimate of drug-likeness (QED) is 0.727. The molecule has 0 spiro atoms. The van der Waals surface area contributed by atoms with Crippen molar-refractivity contribution in [3.63, 3.8) is 0 Å². The lowest BCUT2D eigenvalue weighted by atomic mass is 9.98. The average Bonchev–Trinajstić information content (AvgIpc) is 2.92. The number of benzene rings is 2. The van der Waals surface area contributed by atoms with E-state index in [0.717, 1.165) is 22.3 Å². The molecular formula is C21H23NO5. The van der Waals surface area contributed by atoms with Gasteiger partial charge in [-0.1, -0.05) is 48.5 Å². The molecule has 0 bridgehead atoms. The number of carboxylic acids is 1. The summed E-state index contributed by atoms with van der Waals surface area (Å²) in [5.74, 6) is -1.31. The summed E-state index contributed by atoms with van der Waals surface area (Å²) in [6.45, 7) is 3.08. The zero-order valence-corrected chi connectivity index (χ0v) is 15.3. The van der Waals surface area contributed by atoms with E-state index in [1.54, 1.807) is 0 Å². The summed E-state index contributed by atoms with van der Waals surface area (Å²) in [5, 5.41) is 21.4. The van der Waals surface area contributed by atoms with Gasteiger partial charge in [0.25, 0.3) is 0 Å². The van der Waals surface area contributed by atoms with Crippen molar-refractivity contribution in [2.45, 2.75) is 37.8 Å². The van der Waals surface area contributed by atoms with Crippen LogP contribution in [0.1, 0.15) is 37.3 Å². The van der Waals surface area contributed by atoms with Crippen LogP contribution in [-0.2, 0) is 9.53 Å². The summed E-state index contributed by atoms with van der Waals surface area (Å²) in [5.41, 5.74) is 3.18. The third-order valence-corrected chi connectivity index (χ3v) is 4.64. The van der Waals surface area contributed by atoms with Crippen LogP contribution in [0.5, 0.6) is 0 Å². The minimum Gasteiger partial charge on any atom is -0.480 e. The van der Waals surface area contributed by atoms with Crippen LogP contribution in [0.25, 0.3) is 11.1 Å². The fraction of sp³-hybridized carbons (Fsp3) is 0.333. The fourth-order valence-electron chi connectivity index (χ4n) is 3.48. The molecule has 142 valence electrons. The van der Waals surface area contributed by atoms with E-state index in [0.29, 0.717) is 0 Å². The van der Waals surface area contributed by atoms with Gasteiger partial charge < -0.3 is 20.3 Å². The van der Waals surface area contributed by atoms with Crippen LogP contribution >= 0.6 is 0 Å². The Morgan fingerprint density at radius 1 is 1.07 bits per heavy atom. The van der Waals surface area contributed by atoms with Crippen molar-refractivity contribution in [1.82, 2.24) is 5.32 Å². The van der Waals surface area contributed by atoms with E-state index in [4.69, 9.17) is 4.74 Å². The van der Waals surface area contributed by atoms with E-state index in [9.17, 15) is 19.8 Å². The number of aliphatic carboxylic acids is 1. The van der Waals surface area contributed by atoms with Gasteiger partial charge in [0.15, 0.2) is 0 Å². The Hall–Kier alpha value is -2.86. The molecule has 2 aromatic carbocycles. The Morgan fingerprint density at radius 3 is 2.07 bits per heavy atom. The highest BCUT2D eigenvalue weighted by atomic mass is 16.5. The van der Waals surface area contributed by atoms with Crippen LogP contribution in [0.15, 0.2) is 48.5 Å². The third-order valence-electron chi connectivity index (χ3n) is 4.64. The number of carbonyl (C=O) groups excluding carboxylic acids is 1. The number of aliphatic hydroxyl groups is 1. The number of alkyl carbamates (subject to hydrolysis) is 1. The monoisotopic (exact) mass is 369 g/mol. The van der Waals surface area contributed by atoms with E-state index >= 15 is 0 Å². The van der Waals surface area contributed by atoms with Crippen molar-refractivity contribution < 1.29 is 24.5 Å². The van der Waals surface area contributed by atoms with Gasteiger partial charge in [0.2, 0.25) is 0 Å². The Bertz CT molecular complexity index is 810. The zero-order chi connectivity index (χ0) is 19.6. The first-order chi connectivity index (χ1) is 12.8. The maximum atomic E-state index is 12.1. The largest absolute Gasteiger partial charge is 0.480 e. The lowest BCUT2D eigenvalue weighted by Crippen LogP contribution is -2.45. The van der Waals surface area contributed by atoms with Gasteiger partial charge >= 0.3 is 12.1 Å². The minimum atomic E-state index is -1.22. The first-order valence-electron chi connectivity index (χ1n) is 8.83. The highest BCUT2D eigenvalue weighted by Crippen LogP contribution is 2.44. The Balaban J connectivity index is 1.69. The Labute approximate surface area is 157 Å². The molecule has 1 aliphatic carbocycles. The van der Waals surface area contributed by atoms with Crippen LogP contribution < -0.4 is 5.32 Å². The normalized spacial score (nSPS) is 14.2. The number of hydrogen-bond donors (Lipinski definition) is 3. The van der Waals surface area contributed by atoms with Crippen LogP contribution in [0.4, 0.5) is 4.79 Å². The second kappa shape index (κ2) is 7.40. The zero-order valence-electron chi connectivity index (χ0n) is 15.3. The third kappa shape index (κ3) is 4.28. The van der Waals surface area contributed by atoms with Gasteiger partial charge in [-0.25, -0.2) is 9.59 Å². The molecule has 0 aliphatic heterocycles. The molecule has 0 aromatic heterocycles. The number of ether oxygens (including phenoxy) is 1. The van der Waals surface area contributed by atoms with Crippen molar-refractivity contribution in [3.8, 4) is 11.1 Å². The molecule has 27 heavy (non-hydrogen) atoms. The van der Waals surface area contributed by atoms with E-state index in [2.05, 4.69) is 5.32 Å². The van der Waals surface area contributed by atoms with Crippen LogP contribution in [0.3, 0.4) is 0 Å². The van der Waals surface area contributed by atoms with Gasteiger partial charge in [-0.2, -0.15) is 0 Å². The lowest BCUT2D eigenvalue weighted by molar-refractivity contribution is -0.141. The number of nitrogens with one attached hydrogen (secondary N) is 1. The average molecular weight is 369 g/mol. The molecule has 1 amide bonds. The molecule has 1 atom stereocenters. The summed E-state index contributed by atoms with van der Waals surface area (Å²) in [7, 11) is 0. The second-order valence-electron chi connectivity index (χ2n) is 7.38. The summed E-state index contributed by atoms with van der Waals surface area (Å²) >= 11 is 0. The number of fused-ring (bicyclic) bond motifs is 3. The molecule has 3 rings (SSSR count). The van der Waals surface area contributed by atoms with E-state index < -0.39 is 23.7 Å². The first-order valence-corrected chi connectivity index (χ1v) is 8.83. The smallest absolute Gasteiger partial charge is 0.407 e. The molecule has 0 saturated heterocycles. The molecule has 6 heteroatoms. The first kappa shape index (κ1) is 18.9. The SMILES string of the molecule is CC(C)(O)C[C@@H](NC(=O)OCC1c2ccccc2-c2ccccc21)C(=O)O.